The molecule has 1 aromatic carbocycles. The van der Waals surface area contributed by atoms with Crippen molar-refractivity contribution in [3.8, 4) is 5.75 Å². The van der Waals surface area contributed by atoms with E-state index in [1.54, 1.807) is 31.1 Å². The molecule has 5 heteroatoms. The summed E-state index contributed by atoms with van der Waals surface area (Å²) in [6.07, 6.45) is 5.38. The number of benzene rings is 1. The summed E-state index contributed by atoms with van der Waals surface area (Å²) in [5.74, 6) is -0.892. The first-order chi connectivity index (χ1) is 10.0. The van der Waals surface area contributed by atoms with Crippen molar-refractivity contribution in [2.24, 2.45) is 0 Å². The number of aromatic hydroxyl groups is 1. The van der Waals surface area contributed by atoms with Gasteiger partial charge in [0.1, 0.15) is 5.75 Å². The minimum absolute atomic E-state index is 0.130. The SMILES string of the molecule is CN(C(=O)C(=O)N(C)C1CCCCC1)c1ccc(O)cc1. The van der Waals surface area contributed by atoms with Crippen LogP contribution in [0.15, 0.2) is 24.3 Å². The van der Waals surface area contributed by atoms with Crippen LogP contribution in [0.5, 0.6) is 5.75 Å². The van der Waals surface area contributed by atoms with Gasteiger partial charge in [-0.1, -0.05) is 19.3 Å². The van der Waals surface area contributed by atoms with Gasteiger partial charge in [-0.15, -0.1) is 0 Å². The summed E-state index contributed by atoms with van der Waals surface area (Å²) in [5.41, 5.74) is 0.586. The summed E-state index contributed by atoms with van der Waals surface area (Å²) in [7, 11) is 3.28. The third-order valence-corrected chi connectivity index (χ3v) is 4.17. The number of phenols is 1. The fourth-order valence-corrected chi connectivity index (χ4v) is 2.72. The molecule has 0 aliphatic heterocycles. The predicted molar refractivity (Wildman–Crippen MR) is 81.2 cm³/mol. The van der Waals surface area contributed by atoms with E-state index in [0.29, 0.717) is 5.69 Å². The minimum atomic E-state index is -0.547. The lowest BCUT2D eigenvalue weighted by Gasteiger charge is -2.31. The molecule has 0 radical (unpaired) electrons. The van der Waals surface area contributed by atoms with E-state index in [1.807, 2.05) is 0 Å². The summed E-state index contributed by atoms with van der Waals surface area (Å²) in [5, 5.41) is 9.27. The number of rotatable bonds is 2. The molecule has 1 aliphatic carbocycles. The fourth-order valence-electron chi connectivity index (χ4n) is 2.72. The molecule has 5 nitrogen and oxygen atoms in total. The minimum Gasteiger partial charge on any atom is -0.508 e. The van der Waals surface area contributed by atoms with E-state index < -0.39 is 11.8 Å². The van der Waals surface area contributed by atoms with E-state index in [1.165, 1.54) is 23.5 Å². The predicted octanol–water partition coefficient (Wildman–Crippen LogP) is 2.15. The van der Waals surface area contributed by atoms with E-state index in [-0.39, 0.29) is 11.8 Å². The van der Waals surface area contributed by atoms with Crippen molar-refractivity contribution in [1.29, 1.82) is 0 Å². The molecule has 1 saturated carbocycles. The zero-order chi connectivity index (χ0) is 15.4. The van der Waals surface area contributed by atoms with Gasteiger partial charge < -0.3 is 14.9 Å². The molecule has 1 aromatic rings. The van der Waals surface area contributed by atoms with Gasteiger partial charge in [0.2, 0.25) is 0 Å². The van der Waals surface area contributed by atoms with Gasteiger partial charge in [0.25, 0.3) is 0 Å². The normalized spacial score (nSPS) is 15.5. The van der Waals surface area contributed by atoms with Crippen LogP contribution in [-0.4, -0.2) is 42.0 Å². The first kappa shape index (κ1) is 15.4. The average Bonchev–Trinajstić information content (AvgIpc) is 2.53. The third kappa shape index (κ3) is 3.54. The van der Waals surface area contributed by atoms with Gasteiger partial charge in [0.15, 0.2) is 0 Å². The Labute approximate surface area is 125 Å². The Morgan fingerprint density at radius 1 is 1.00 bits per heavy atom. The Kier molecular flexibility index (Phi) is 4.83. The molecular formula is C16H22N2O3. The molecule has 2 amide bonds. The van der Waals surface area contributed by atoms with Crippen LogP contribution in [0.4, 0.5) is 5.69 Å². The highest BCUT2D eigenvalue weighted by Crippen LogP contribution is 2.22. The van der Waals surface area contributed by atoms with Crippen LogP contribution in [-0.2, 0) is 9.59 Å². The molecule has 0 aromatic heterocycles. The molecule has 1 N–H and O–H groups in total. The molecule has 0 spiro atoms. The maximum Gasteiger partial charge on any atom is 0.316 e. The number of anilines is 1. The maximum absolute atomic E-state index is 12.3. The first-order valence-corrected chi connectivity index (χ1v) is 7.34. The van der Waals surface area contributed by atoms with Gasteiger partial charge in [0, 0.05) is 25.8 Å². The van der Waals surface area contributed by atoms with Crippen LogP contribution < -0.4 is 4.90 Å². The number of hydrogen-bond acceptors (Lipinski definition) is 3. The summed E-state index contributed by atoms with van der Waals surface area (Å²) >= 11 is 0. The molecule has 0 unspecified atom stereocenters. The highest BCUT2D eigenvalue weighted by atomic mass is 16.3. The van der Waals surface area contributed by atoms with Crippen LogP contribution in [0.3, 0.4) is 0 Å². The Hall–Kier alpha value is -2.04. The molecule has 1 aliphatic rings. The topological polar surface area (TPSA) is 60.9 Å². The highest BCUT2D eigenvalue weighted by molar-refractivity contribution is 6.40. The zero-order valence-corrected chi connectivity index (χ0v) is 12.6. The van der Waals surface area contributed by atoms with Gasteiger partial charge >= 0.3 is 11.8 Å². The van der Waals surface area contributed by atoms with E-state index in [0.717, 1.165) is 25.7 Å². The van der Waals surface area contributed by atoms with Crippen LogP contribution in [0.1, 0.15) is 32.1 Å². The highest BCUT2D eigenvalue weighted by Gasteiger charge is 2.29. The van der Waals surface area contributed by atoms with Crippen molar-refractivity contribution < 1.29 is 14.7 Å². The van der Waals surface area contributed by atoms with E-state index in [9.17, 15) is 14.7 Å². The van der Waals surface area contributed by atoms with Crippen LogP contribution >= 0.6 is 0 Å². The van der Waals surface area contributed by atoms with Crippen molar-refractivity contribution in [3.05, 3.63) is 24.3 Å². The van der Waals surface area contributed by atoms with Crippen molar-refractivity contribution >= 4 is 17.5 Å². The standard InChI is InChI=1S/C16H22N2O3/c1-17(12-6-4-3-5-7-12)15(20)16(21)18(2)13-8-10-14(19)11-9-13/h8-12,19H,3-7H2,1-2H3. The van der Waals surface area contributed by atoms with Crippen molar-refractivity contribution in [1.82, 2.24) is 4.90 Å². The van der Waals surface area contributed by atoms with Crippen LogP contribution in [0.25, 0.3) is 0 Å². The summed E-state index contributed by atoms with van der Waals surface area (Å²) in [6, 6.07) is 6.38. The lowest BCUT2D eigenvalue weighted by Crippen LogP contribution is -2.47. The van der Waals surface area contributed by atoms with Crippen LogP contribution in [0, 0.1) is 0 Å². The molecule has 21 heavy (non-hydrogen) atoms. The van der Waals surface area contributed by atoms with Crippen LogP contribution in [0.2, 0.25) is 0 Å². The summed E-state index contributed by atoms with van der Waals surface area (Å²) in [6.45, 7) is 0. The molecule has 0 heterocycles. The number of hydrogen-bond donors (Lipinski definition) is 1. The first-order valence-electron chi connectivity index (χ1n) is 7.34. The Morgan fingerprint density at radius 3 is 2.14 bits per heavy atom. The largest absolute Gasteiger partial charge is 0.508 e. The van der Waals surface area contributed by atoms with Crippen molar-refractivity contribution in [3.63, 3.8) is 0 Å². The molecule has 0 bridgehead atoms. The van der Waals surface area contributed by atoms with Crippen molar-refractivity contribution in [2.45, 2.75) is 38.1 Å². The van der Waals surface area contributed by atoms with Gasteiger partial charge in [0.05, 0.1) is 0 Å². The monoisotopic (exact) mass is 290 g/mol. The second-order valence-electron chi connectivity index (χ2n) is 5.59. The number of amides is 2. The smallest absolute Gasteiger partial charge is 0.316 e. The van der Waals surface area contributed by atoms with Gasteiger partial charge in [-0.25, -0.2) is 0 Å². The van der Waals surface area contributed by atoms with E-state index >= 15 is 0 Å². The fraction of sp³-hybridized carbons (Fsp3) is 0.500. The molecule has 2 rings (SSSR count). The van der Waals surface area contributed by atoms with Crippen molar-refractivity contribution in [2.75, 3.05) is 19.0 Å². The quantitative estimate of drug-likeness (QED) is 0.849. The number of carbonyl (C=O) groups is 2. The molecular weight excluding hydrogens is 268 g/mol. The maximum atomic E-state index is 12.3. The summed E-state index contributed by atoms with van der Waals surface area (Å²) in [4.78, 5) is 27.5. The second-order valence-corrected chi connectivity index (χ2v) is 5.59. The number of carbonyl (C=O) groups excluding carboxylic acids is 2. The lowest BCUT2D eigenvalue weighted by atomic mass is 9.94. The van der Waals surface area contributed by atoms with E-state index in [2.05, 4.69) is 0 Å². The Morgan fingerprint density at radius 2 is 1.57 bits per heavy atom. The lowest BCUT2D eigenvalue weighted by molar-refractivity contribution is -0.145. The second kappa shape index (κ2) is 6.61. The van der Waals surface area contributed by atoms with E-state index in [4.69, 9.17) is 0 Å². The number of nitrogens with zero attached hydrogens (tertiary/aromatic N) is 2. The number of likely N-dealkylation sites (N-methyl/N-ethyl adjacent to an activating group) is 2. The van der Waals surface area contributed by atoms with Gasteiger partial charge in [-0.05, 0) is 37.1 Å². The molecule has 0 saturated heterocycles. The Bertz CT molecular complexity index is 507. The van der Waals surface area contributed by atoms with Gasteiger partial charge in [-0.2, -0.15) is 0 Å². The molecule has 1 fully saturated rings. The summed E-state index contributed by atoms with van der Waals surface area (Å²) < 4.78 is 0. The molecule has 114 valence electrons. The number of phenolic OH excluding ortho intramolecular Hbond substituents is 1. The zero-order valence-electron chi connectivity index (χ0n) is 12.6. The third-order valence-electron chi connectivity index (χ3n) is 4.17. The Balaban J connectivity index is 2.03. The average molecular weight is 290 g/mol. The van der Waals surface area contributed by atoms with Gasteiger partial charge in [-0.3, -0.25) is 9.59 Å². The molecule has 0 atom stereocenters.